The first-order valence-electron chi connectivity index (χ1n) is 12.0. The van der Waals surface area contributed by atoms with Gasteiger partial charge < -0.3 is 20.1 Å². The number of carbonyl (C=O) groups is 1. The number of hydrogen-bond acceptors (Lipinski definition) is 4. The van der Waals surface area contributed by atoms with Crippen LogP contribution in [-0.2, 0) is 11.3 Å². The van der Waals surface area contributed by atoms with E-state index in [1.165, 1.54) is 38.5 Å². The number of rotatable bonds is 8. The van der Waals surface area contributed by atoms with Crippen LogP contribution in [0.15, 0.2) is 40.9 Å². The van der Waals surface area contributed by atoms with Gasteiger partial charge in [0.1, 0.15) is 0 Å². The Hall–Kier alpha value is -2.05. The lowest BCUT2D eigenvalue weighted by molar-refractivity contribution is -0.118. The van der Waals surface area contributed by atoms with Crippen molar-refractivity contribution in [3.8, 4) is 11.5 Å². The van der Waals surface area contributed by atoms with Crippen molar-refractivity contribution in [3.05, 3.63) is 52.0 Å². The van der Waals surface area contributed by atoms with Gasteiger partial charge >= 0.3 is 0 Å². The fraction of sp³-hybridized carbons (Fsp3) is 0.519. The molecular weight excluding hydrogens is 480 g/mol. The Labute approximate surface area is 204 Å². The molecule has 2 aromatic carbocycles. The van der Waals surface area contributed by atoms with E-state index in [4.69, 9.17) is 9.47 Å². The molecule has 6 heteroatoms. The Morgan fingerprint density at radius 3 is 2.30 bits per heavy atom. The standard InChI is InChI=1S/C27H33BrN2O3/c1-17-3-5-22(6-4-17)30-25(31)16-33-26-23(28)10-21(11-24(26)32-2)15-29-27-12-18-7-19(13-27)9-20(8-18)14-27/h3-6,10-11,18-20,29H,7-9,12-16H2,1-2H3,(H,30,31). The third-order valence-corrected chi connectivity index (χ3v) is 8.27. The Bertz CT molecular complexity index is 985. The molecule has 1 amide bonds. The van der Waals surface area contributed by atoms with Crippen molar-refractivity contribution in [2.45, 2.75) is 57.5 Å². The Morgan fingerprint density at radius 2 is 1.70 bits per heavy atom. The number of anilines is 1. The predicted molar refractivity (Wildman–Crippen MR) is 134 cm³/mol. The zero-order valence-corrected chi connectivity index (χ0v) is 21.0. The molecule has 4 fully saturated rings. The molecule has 176 valence electrons. The summed E-state index contributed by atoms with van der Waals surface area (Å²) in [7, 11) is 1.64. The molecule has 4 saturated carbocycles. The van der Waals surface area contributed by atoms with Crippen LogP contribution in [-0.4, -0.2) is 25.2 Å². The van der Waals surface area contributed by atoms with E-state index in [1.807, 2.05) is 37.3 Å². The normalized spacial score (nSPS) is 27.4. The van der Waals surface area contributed by atoms with Gasteiger partial charge in [0.25, 0.3) is 5.91 Å². The second kappa shape index (κ2) is 9.30. The summed E-state index contributed by atoms with van der Waals surface area (Å²) < 4.78 is 12.3. The second-order valence-electron chi connectivity index (χ2n) is 10.4. The van der Waals surface area contributed by atoms with E-state index in [9.17, 15) is 4.79 Å². The highest BCUT2D eigenvalue weighted by Gasteiger charge is 2.50. The van der Waals surface area contributed by atoms with Crippen LogP contribution in [0.2, 0.25) is 0 Å². The molecule has 0 spiro atoms. The number of methoxy groups -OCH3 is 1. The first-order valence-corrected chi connectivity index (χ1v) is 12.8. The monoisotopic (exact) mass is 512 g/mol. The molecule has 2 aromatic rings. The number of amides is 1. The van der Waals surface area contributed by atoms with Crippen LogP contribution in [0.4, 0.5) is 5.69 Å². The molecule has 4 bridgehead atoms. The Morgan fingerprint density at radius 1 is 1.06 bits per heavy atom. The maximum absolute atomic E-state index is 12.4. The van der Waals surface area contributed by atoms with Crippen LogP contribution in [0.3, 0.4) is 0 Å². The average Bonchev–Trinajstić information content (AvgIpc) is 2.77. The van der Waals surface area contributed by atoms with Gasteiger partial charge in [-0.3, -0.25) is 4.79 Å². The van der Waals surface area contributed by atoms with Crippen LogP contribution in [0, 0.1) is 24.7 Å². The van der Waals surface area contributed by atoms with Gasteiger partial charge in [-0.2, -0.15) is 0 Å². The first kappa shape index (κ1) is 22.7. The van der Waals surface area contributed by atoms with E-state index in [2.05, 4.69) is 32.6 Å². The highest BCUT2D eigenvalue weighted by Crippen LogP contribution is 2.55. The van der Waals surface area contributed by atoms with Gasteiger partial charge in [0.15, 0.2) is 18.1 Å². The predicted octanol–water partition coefficient (Wildman–Crippen LogP) is 5.84. The maximum atomic E-state index is 12.4. The van der Waals surface area contributed by atoms with Gasteiger partial charge in [-0.1, -0.05) is 17.7 Å². The van der Waals surface area contributed by atoms with E-state index in [-0.39, 0.29) is 12.5 Å². The third kappa shape index (κ3) is 5.07. The summed E-state index contributed by atoms with van der Waals surface area (Å²) in [4.78, 5) is 12.4. The Kier molecular flexibility index (Phi) is 6.41. The van der Waals surface area contributed by atoms with E-state index < -0.39 is 0 Å². The van der Waals surface area contributed by atoms with Crippen molar-refractivity contribution < 1.29 is 14.3 Å². The van der Waals surface area contributed by atoms with Crippen LogP contribution < -0.4 is 20.1 Å². The zero-order valence-electron chi connectivity index (χ0n) is 19.5. The summed E-state index contributed by atoms with van der Waals surface area (Å²) >= 11 is 3.63. The van der Waals surface area contributed by atoms with Crippen LogP contribution in [0.25, 0.3) is 0 Å². The van der Waals surface area contributed by atoms with Gasteiger partial charge in [0.2, 0.25) is 0 Å². The molecule has 2 N–H and O–H groups in total. The number of ether oxygens (including phenoxy) is 2. The van der Waals surface area contributed by atoms with E-state index >= 15 is 0 Å². The molecule has 0 unspecified atom stereocenters. The molecule has 0 heterocycles. The minimum absolute atomic E-state index is 0.0896. The largest absolute Gasteiger partial charge is 0.493 e. The molecule has 4 aliphatic carbocycles. The highest BCUT2D eigenvalue weighted by atomic mass is 79.9. The van der Waals surface area contributed by atoms with Crippen molar-refractivity contribution in [2.75, 3.05) is 19.0 Å². The molecule has 0 radical (unpaired) electrons. The average molecular weight is 513 g/mol. The molecule has 0 aliphatic heterocycles. The minimum atomic E-state index is -0.208. The number of hydrogen-bond donors (Lipinski definition) is 2. The Balaban J connectivity index is 1.21. The van der Waals surface area contributed by atoms with Crippen molar-refractivity contribution >= 4 is 27.5 Å². The second-order valence-corrected chi connectivity index (χ2v) is 11.2. The third-order valence-electron chi connectivity index (χ3n) is 7.68. The lowest BCUT2D eigenvalue weighted by Gasteiger charge is -2.57. The number of carbonyl (C=O) groups excluding carboxylic acids is 1. The SMILES string of the molecule is COc1cc(CNC23CC4CC(CC(C4)C2)C3)cc(Br)c1OCC(=O)Nc1ccc(C)cc1. The molecule has 5 nitrogen and oxygen atoms in total. The first-order chi connectivity index (χ1) is 15.9. The lowest BCUT2D eigenvalue weighted by atomic mass is 9.53. The lowest BCUT2D eigenvalue weighted by Crippen LogP contribution is -2.58. The summed E-state index contributed by atoms with van der Waals surface area (Å²) in [5.41, 5.74) is 3.38. The number of aryl methyl sites for hydroxylation is 1. The van der Waals surface area contributed by atoms with Gasteiger partial charge in [-0.05, 0) is 109 Å². The van der Waals surface area contributed by atoms with Crippen LogP contribution >= 0.6 is 15.9 Å². The number of halogens is 1. The quantitative estimate of drug-likeness (QED) is 0.466. The van der Waals surface area contributed by atoms with Gasteiger partial charge in [0.05, 0.1) is 11.6 Å². The topological polar surface area (TPSA) is 59.6 Å². The molecule has 0 aromatic heterocycles. The summed E-state index contributed by atoms with van der Waals surface area (Å²) in [6, 6.07) is 11.8. The molecule has 0 atom stereocenters. The van der Waals surface area contributed by atoms with Crippen molar-refractivity contribution in [1.82, 2.24) is 5.32 Å². The summed E-state index contributed by atoms with van der Waals surface area (Å²) in [5.74, 6) is 3.75. The summed E-state index contributed by atoms with van der Waals surface area (Å²) in [6.07, 6.45) is 8.33. The maximum Gasteiger partial charge on any atom is 0.262 e. The summed E-state index contributed by atoms with van der Waals surface area (Å²) in [6.45, 7) is 2.74. The van der Waals surface area contributed by atoms with Crippen molar-refractivity contribution in [3.63, 3.8) is 0 Å². The van der Waals surface area contributed by atoms with Crippen molar-refractivity contribution in [1.29, 1.82) is 0 Å². The van der Waals surface area contributed by atoms with Gasteiger partial charge in [0, 0.05) is 17.8 Å². The smallest absolute Gasteiger partial charge is 0.262 e. The molecular formula is C27H33BrN2O3. The minimum Gasteiger partial charge on any atom is -0.493 e. The fourth-order valence-electron chi connectivity index (χ4n) is 6.60. The molecule has 33 heavy (non-hydrogen) atoms. The van der Waals surface area contributed by atoms with E-state index in [0.717, 1.165) is 45.6 Å². The van der Waals surface area contributed by atoms with Crippen molar-refractivity contribution in [2.24, 2.45) is 17.8 Å². The van der Waals surface area contributed by atoms with E-state index in [0.29, 0.717) is 17.0 Å². The summed E-state index contributed by atoms with van der Waals surface area (Å²) in [5, 5.41) is 6.80. The van der Waals surface area contributed by atoms with Crippen LogP contribution in [0.1, 0.15) is 49.7 Å². The number of nitrogens with one attached hydrogen (secondary N) is 2. The highest BCUT2D eigenvalue weighted by molar-refractivity contribution is 9.10. The molecule has 6 rings (SSSR count). The number of benzene rings is 2. The zero-order chi connectivity index (χ0) is 23.0. The fourth-order valence-corrected chi connectivity index (χ4v) is 7.21. The van der Waals surface area contributed by atoms with Gasteiger partial charge in [-0.25, -0.2) is 0 Å². The van der Waals surface area contributed by atoms with E-state index in [1.54, 1.807) is 7.11 Å². The van der Waals surface area contributed by atoms with Crippen LogP contribution in [0.5, 0.6) is 11.5 Å². The molecule has 0 saturated heterocycles. The van der Waals surface area contributed by atoms with Gasteiger partial charge in [-0.15, -0.1) is 0 Å². The molecule has 4 aliphatic rings.